The standard InChI is InChI=1S/C20H18F2N4O/c1-12-14-11-24-20(17-5-3-4-7-23-17)25-16(14)6-8-26(12)13-9-15(21)19(22)18(10-13)27-2/h3-5,7,9-12H,6,8H2,1-2H3/t12-/m0/s1. The number of aromatic nitrogens is 3. The third-order valence-corrected chi connectivity index (χ3v) is 4.83. The first-order valence-electron chi connectivity index (χ1n) is 8.65. The predicted octanol–water partition coefficient (Wildman–Crippen LogP) is 3.95. The van der Waals surface area contributed by atoms with Crippen molar-refractivity contribution in [3.05, 3.63) is 65.6 Å². The molecule has 0 fully saturated rings. The number of hydrogen-bond acceptors (Lipinski definition) is 5. The second-order valence-corrected chi connectivity index (χ2v) is 6.37. The monoisotopic (exact) mass is 368 g/mol. The first kappa shape index (κ1) is 17.3. The van der Waals surface area contributed by atoms with E-state index in [2.05, 4.69) is 15.0 Å². The van der Waals surface area contributed by atoms with Gasteiger partial charge in [0.15, 0.2) is 17.4 Å². The molecule has 3 heterocycles. The third kappa shape index (κ3) is 3.09. The molecule has 2 aromatic heterocycles. The van der Waals surface area contributed by atoms with E-state index in [-0.39, 0.29) is 11.8 Å². The quantitative estimate of drug-likeness (QED) is 0.701. The average Bonchev–Trinajstić information content (AvgIpc) is 2.70. The molecule has 138 valence electrons. The molecule has 0 unspecified atom stereocenters. The molecule has 0 saturated carbocycles. The van der Waals surface area contributed by atoms with Crippen molar-refractivity contribution in [3.8, 4) is 17.3 Å². The molecule has 0 spiro atoms. The Morgan fingerprint density at radius 2 is 2.04 bits per heavy atom. The molecule has 3 aromatic rings. The Hall–Kier alpha value is -3.09. The van der Waals surface area contributed by atoms with E-state index in [1.165, 1.54) is 19.2 Å². The van der Waals surface area contributed by atoms with E-state index in [4.69, 9.17) is 4.74 Å². The zero-order valence-electron chi connectivity index (χ0n) is 15.0. The van der Waals surface area contributed by atoms with Gasteiger partial charge in [0.1, 0.15) is 5.69 Å². The molecular formula is C20H18F2N4O. The number of nitrogens with zero attached hydrogens (tertiary/aromatic N) is 4. The van der Waals surface area contributed by atoms with Crippen LogP contribution in [-0.4, -0.2) is 28.6 Å². The summed E-state index contributed by atoms with van der Waals surface area (Å²) in [4.78, 5) is 15.4. The molecule has 0 amide bonds. The van der Waals surface area contributed by atoms with Gasteiger partial charge in [0.05, 0.1) is 18.8 Å². The molecule has 7 heteroatoms. The molecule has 27 heavy (non-hydrogen) atoms. The number of pyridine rings is 1. The number of anilines is 1. The van der Waals surface area contributed by atoms with E-state index < -0.39 is 11.6 Å². The van der Waals surface area contributed by atoms with Crippen molar-refractivity contribution in [2.75, 3.05) is 18.6 Å². The molecule has 1 aliphatic heterocycles. The van der Waals surface area contributed by atoms with Crippen LogP contribution in [0.4, 0.5) is 14.5 Å². The lowest BCUT2D eigenvalue weighted by atomic mass is 9.98. The van der Waals surface area contributed by atoms with E-state index in [0.717, 1.165) is 17.0 Å². The van der Waals surface area contributed by atoms with Crippen LogP contribution in [0.3, 0.4) is 0 Å². The second kappa shape index (κ2) is 6.90. The van der Waals surface area contributed by atoms with E-state index in [9.17, 15) is 8.78 Å². The Balaban J connectivity index is 1.68. The van der Waals surface area contributed by atoms with Crippen LogP contribution < -0.4 is 9.64 Å². The first-order chi connectivity index (χ1) is 13.1. The number of rotatable bonds is 3. The molecule has 1 aliphatic rings. The van der Waals surface area contributed by atoms with Crippen LogP contribution in [0.25, 0.3) is 11.5 Å². The van der Waals surface area contributed by atoms with Crippen LogP contribution in [0.1, 0.15) is 24.2 Å². The number of benzene rings is 1. The summed E-state index contributed by atoms with van der Waals surface area (Å²) in [6.45, 7) is 2.62. The number of hydrogen-bond donors (Lipinski definition) is 0. The van der Waals surface area contributed by atoms with Gasteiger partial charge < -0.3 is 9.64 Å². The molecule has 0 bridgehead atoms. The average molecular weight is 368 g/mol. The van der Waals surface area contributed by atoms with Crippen LogP contribution in [0.2, 0.25) is 0 Å². The number of fused-ring (bicyclic) bond motifs is 1. The van der Waals surface area contributed by atoms with Gasteiger partial charge in [-0.2, -0.15) is 4.39 Å². The Kier molecular flexibility index (Phi) is 4.43. The van der Waals surface area contributed by atoms with Gasteiger partial charge in [-0.3, -0.25) is 4.98 Å². The van der Waals surface area contributed by atoms with E-state index in [1.54, 1.807) is 12.4 Å². The molecule has 1 aromatic carbocycles. The molecule has 4 rings (SSSR count). The highest BCUT2D eigenvalue weighted by Gasteiger charge is 2.27. The van der Waals surface area contributed by atoms with Gasteiger partial charge in [0.2, 0.25) is 5.82 Å². The maximum absolute atomic E-state index is 13.9. The smallest absolute Gasteiger partial charge is 0.200 e. The van der Waals surface area contributed by atoms with Crippen molar-refractivity contribution in [2.45, 2.75) is 19.4 Å². The van der Waals surface area contributed by atoms with Crippen molar-refractivity contribution in [2.24, 2.45) is 0 Å². The summed E-state index contributed by atoms with van der Waals surface area (Å²) >= 11 is 0. The lowest BCUT2D eigenvalue weighted by Gasteiger charge is -2.36. The Bertz CT molecular complexity index is 981. The highest BCUT2D eigenvalue weighted by atomic mass is 19.2. The molecular weight excluding hydrogens is 350 g/mol. The summed E-state index contributed by atoms with van der Waals surface area (Å²) in [7, 11) is 1.32. The zero-order chi connectivity index (χ0) is 19.0. The van der Waals surface area contributed by atoms with Crippen molar-refractivity contribution in [3.63, 3.8) is 0 Å². The molecule has 5 nitrogen and oxygen atoms in total. The van der Waals surface area contributed by atoms with Gasteiger partial charge in [0.25, 0.3) is 0 Å². The number of methoxy groups -OCH3 is 1. The summed E-state index contributed by atoms with van der Waals surface area (Å²) in [5.74, 6) is -1.42. The SMILES string of the molecule is COc1cc(N2CCc3nc(-c4ccccn4)ncc3[C@@H]2C)cc(F)c1F. The molecule has 0 saturated heterocycles. The predicted molar refractivity (Wildman–Crippen MR) is 97.6 cm³/mol. The van der Waals surface area contributed by atoms with Crippen LogP contribution >= 0.6 is 0 Å². The Morgan fingerprint density at radius 3 is 2.78 bits per heavy atom. The van der Waals surface area contributed by atoms with Crippen molar-refractivity contribution < 1.29 is 13.5 Å². The lowest BCUT2D eigenvalue weighted by Crippen LogP contribution is -2.35. The van der Waals surface area contributed by atoms with Gasteiger partial charge in [-0.25, -0.2) is 14.4 Å². The van der Waals surface area contributed by atoms with Crippen LogP contribution in [0, 0.1) is 11.6 Å². The maximum atomic E-state index is 13.9. The highest BCUT2D eigenvalue weighted by molar-refractivity contribution is 5.56. The number of halogens is 2. The largest absolute Gasteiger partial charge is 0.493 e. The van der Waals surface area contributed by atoms with E-state index >= 15 is 0 Å². The summed E-state index contributed by atoms with van der Waals surface area (Å²) in [6, 6.07) is 8.24. The first-order valence-corrected chi connectivity index (χ1v) is 8.65. The number of ether oxygens (including phenoxy) is 1. The molecule has 0 aliphatic carbocycles. The zero-order valence-corrected chi connectivity index (χ0v) is 15.0. The normalized spacial score (nSPS) is 16.1. The molecule has 0 N–H and O–H groups in total. The topological polar surface area (TPSA) is 51.1 Å². The second-order valence-electron chi connectivity index (χ2n) is 6.37. The van der Waals surface area contributed by atoms with Gasteiger partial charge in [-0.1, -0.05) is 6.07 Å². The summed E-state index contributed by atoms with van der Waals surface area (Å²) in [5.41, 5.74) is 3.20. The molecule has 0 radical (unpaired) electrons. The van der Waals surface area contributed by atoms with Crippen LogP contribution in [0.15, 0.2) is 42.7 Å². The van der Waals surface area contributed by atoms with Crippen LogP contribution in [-0.2, 0) is 6.42 Å². The van der Waals surface area contributed by atoms with E-state index in [1.807, 2.05) is 30.0 Å². The fourth-order valence-electron chi connectivity index (χ4n) is 3.40. The van der Waals surface area contributed by atoms with Gasteiger partial charge >= 0.3 is 0 Å². The maximum Gasteiger partial charge on any atom is 0.200 e. The minimum atomic E-state index is -0.977. The van der Waals surface area contributed by atoms with Crippen molar-refractivity contribution >= 4 is 5.69 Å². The Labute approximate surface area is 155 Å². The third-order valence-electron chi connectivity index (χ3n) is 4.83. The summed E-state index contributed by atoms with van der Waals surface area (Å²) in [5, 5.41) is 0. The Morgan fingerprint density at radius 1 is 1.19 bits per heavy atom. The van der Waals surface area contributed by atoms with Crippen molar-refractivity contribution in [1.82, 2.24) is 15.0 Å². The van der Waals surface area contributed by atoms with Gasteiger partial charge in [0, 0.05) is 48.7 Å². The lowest BCUT2D eigenvalue weighted by molar-refractivity contribution is 0.371. The highest BCUT2D eigenvalue weighted by Crippen LogP contribution is 2.36. The molecule has 1 atom stereocenters. The fourth-order valence-corrected chi connectivity index (χ4v) is 3.40. The minimum Gasteiger partial charge on any atom is -0.493 e. The summed E-state index contributed by atoms with van der Waals surface area (Å²) < 4.78 is 32.6. The van der Waals surface area contributed by atoms with Crippen molar-refractivity contribution in [1.29, 1.82) is 0 Å². The van der Waals surface area contributed by atoms with E-state index in [0.29, 0.717) is 24.5 Å². The van der Waals surface area contributed by atoms with Gasteiger partial charge in [-0.15, -0.1) is 0 Å². The fraction of sp³-hybridized carbons (Fsp3) is 0.250. The minimum absolute atomic E-state index is 0.0823. The summed E-state index contributed by atoms with van der Waals surface area (Å²) in [6.07, 6.45) is 4.17. The van der Waals surface area contributed by atoms with Crippen LogP contribution in [0.5, 0.6) is 5.75 Å². The van der Waals surface area contributed by atoms with Gasteiger partial charge in [-0.05, 0) is 19.1 Å².